The van der Waals surface area contributed by atoms with Crippen LogP contribution in [0.25, 0.3) is 11.0 Å². The van der Waals surface area contributed by atoms with Crippen LogP contribution in [0.5, 0.6) is 0 Å². The highest BCUT2D eigenvalue weighted by molar-refractivity contribution is 6.30. The number of imidazole rings is 1. The van der Waals surface area contributed by atoms with Crippen LogP contribution in [0.15, 0.2) is 41.2 Å². The Hall–Kier alpha value is -2.27. The van der Waals surface area contributed by atoms with Gasteiger partial charge in [0.1, 0.15) is 5.82 Å². The molecule has 0 aliphatic heterocycles. The third-order valence-corrected chi connectivity index (χ3v) is 3.29. The number of aromatic nitrogens is 2. The second-order valence-electron chi connectivity index (χ2n) is 4.44. The highest BCUT2D eigenvalue weighted by Crippen LogP contribution is 2.18. The van der Waals surface area contributed by atoms with Crippen LogP contribution in [-0.4, -0.2) is 9.97 Å². The molecule has 0 bridgehead atoms. The molecular weight excluding hydrogens is 281 g/mol. The maximum absolute atomic E-state index is 13.0. The van der Waals surface area contributed by atoms with E-state index in [-0.39, 0.29) is 10.7 Å². The summed E-state index contributed by atoms with van der Waals surface area (Å²) in [4.78, 5) is 16.5. The van der Waals surface area contributed by atoms with E-state index in [0.29, 0.717) is 6.54 Å². The first-order valence-electron chi connectivity index (χ1n) is 6.02. The van der Waals surface area contributed by atoms with Gasteiger partial charge in [0.2, 0.25) is 0 Å². The summed E-state index contributed by atoms with van der Waals surface area (Å²) in [6.07, 6.45) is 0. The van der Waals surface area contributed by atoms with Crippen LogP contribution in [0.1, 0.15) is 5.56 Å². The van der Waals surface area contributed by atoms with E-state index in [1.165, 1.54) is 6.07 Å². The molecule has 0 spiro atoms. The number of anilines is 1. The molecule has 6 heteroatoms. The van der Waals surface area contributed by atoms with Gasteiger partial charge >= 0.3 is 5.69 Å². The fourth-order valence-electron chi connectivity index (χ4n) is 2.00. The van der Waals surface area contributed by atoms with Crippen LogP contribution in [-0.2, 0) is 6.54 Å². The molecule has 1 aromatic heterocycles. The minimum Gasteiger partial charge on any atom is -0.381 e. The number of hydrogen-bond acceptors (Lipinski definition) is 2. The Balaban J connectivity index is 1.78. The molecule has 0 saturated heterocycles. The Morgan fingerprint density at radius 2 is 1.90 bits per heavy atom. The van der Waals surface area contributed by atoms with E-state index in [0.717, 1.165) is 22.3 Å². The van der Waals surface area contributed by atoms with E-state index in [1.807, 2.05) is 18.2 Å². The zero-order valence-corrected chi connectivity index (χ0v) is 11.1. The second kappa shape index (κ2) is 5.02. The molecule has 3 N–H and O–H groups in total. The van der Waals surface area contributed by atoms with Gasteiger partial charge in [0, 0.05) is 12.2 Å². The Morgan fingerprint density at radius 3 is 2.70 bits per heavy atom. The lowest BCUT2D eigenvalue weighted by atomic mass is 10.2. The number of hydrogen-bond donors (Lipinski definition) is 3. The molecule has 1 heterocycles. The van der Waals surface area contributed by atoms with Gasteiger partial charge in [0.15, 0.2) is 0 Å². The second-order valence-corrected chi connectivity index (χ2v) is 4.85. The van der Waals surface area contributed by atoms with Crippen LogP contribution in [0, 0.1) is 5.82 Å². The van der Waals surface area contributed by atoms with Gasteiger partial charge in [-0.3, -0.25) is 0 Å². The normalized spacial score (nSPS) is 10.9. The summed E-state index contributed by atoms with van der Waals surface area (Å²) in [7, 11) is 0. The van der Waals surface area contributed by atoms with Crippen LogP contribution in [0.3, 0.4) is 0 Å². The third kappa shape index (κ3) is 2.53. The number of benzene rings is 2. The first-order chi connectivity index (χ1) is 9.61. The molecule has 102 valence electrons. The van der Waals surface area contributed by atoms with Gasteiger partial charge in [-0.05, 0) is 35.9 Å². The van der Waals surface area contributed by atoms with Crippen molar-refractivity contribution in [2.75, 3.05) is 5.32 Å². The standard InChI is InChI=1S/C14H11ClFN3O/c15-10-5-8(1-3-11(10)16)7-17-9-2-4-12-13(6-9)19-14(20)18-12/h1-6,17H,7H2,(H2,18,19,20). The average Bonchev–Trinajstić information content (AvgIpc) is 2.79. The molecule has 0 radical (unpaired) electrons. The zero-order chi connectivity index (χ0) is 14.1. The third-order valence-electron chi connectivity index (χ3n) is 3.00. The molecular formula is C14H11ClFN3O. The zero-order valence-electron chi connectivity index (χ0n) is 10.3. The summed E-state index contributed by atoms with van der Waals surface area (Å²) in [6.45, 7) is 0.514. The number of fused-ring (bicyclic) bond motifs is 1. The number of rotatable bonds is 3. The van der Waals surface area contributed by atoms with Crippen molar-refractivity contribution in [2.45, 2.75) is 6.54 Å². The van der Waals surface area contributed by atoms with Gasteiger partial charge in [0.25, 0.3) is 0 Å². The molecule has 0 amide bonds. The first kappa shape index (κ1) is 12.7. The molecule has 3 rings (SSSR count). The molecule has 3 aromatic rings. The van der Waals surface area contributed by atoms with Gasteiger partial charge < -0.3 is 15.3 Å². The predicted molar refractivity (Wildman–Crippen MR) is 77.7 cm³/mol. The van der Waals surface area contributed by atoms with Gasteiger partial charge in [-0.2, -0.15) is 0 Å². The number of aromatic amines is 2. The molecule has 0 fully saturated rings. The van der Waals surface area contributed by atoms with Crippen molar-refractivity contribution in [3.63, 3.8) is 0 Å². The fraction of sp³-hybridized carbons (Fsp3) is 0.0714. The van der Waals surface area contributed by atoms with Gasteiger partial charge in [-0.1, -0.05) is 17.7 Å². The number of nitrogens with one attached hydrogen (secondary N) is 3. The summed E-state index contributed by atoms with van der Waals surface area (Å²) >= 11 is 5.73. The smallest absolute Gasteiger partial charge is 0.323 e. The van der Waals surface area contributed by atoms with Crippen LogP contribution in [0.4, 0.5) is 10.1 Å². The molecule has 0 aliphatic carbocycles. The minimum absolute atomic E-state index is 0.106. The lowest BCUT2D eigenvalue weighted by Crippen LogP contribution is -2.00. The van der Waals surface area contributed by atoms with Crippen molar-refractivity contribution in [1.29, 1.82) is 0 Å². The van der Waals surface area contributed by atoms with E-state index in [9.17, 15) is 9.18 Å². The van der Waals surface area contributed by atoms with Crippen LogP contribution >= 0.6 is 11.6 Å². The monoisotopic (exact) mass is 291 g/mol. The topological polar surface area (TPSA) is 60.7 Å². The van der Waals surface area contributed by atoms with Gasteiger partial charge in [0.05, 0.1) is 16.1 Å². The van der Waals surface area contributed by atoms with Gasteiger partial charge in [-0.25, -0.2) is 9.18 Å². The maximum atomic E-state index is 13.0. The summed E-state index contributed by atoms with van der Waals surface area (Å²) in [5.41, 5.74) is 2.98. The highest BCUT2D eigenvalue weighted by atomic mass is 35.5. The lowest BCUT2D eigenvalue weighted by Gasteiger charge is -2.07. The Morgan fingerprint density at radius 1 is 1.10 bits per heavy atom. The fourth-order valence-corrected chi connectivity index (χ4v) is 2.20. The number of halogens is 2. The summed E-state index contributed by atoms with van der Waals surface area (Å²) in [5, 5.41) is 3.30. The highest BCUT2D eigenvalue weighted by Gasteiger charge is 2.02. The Labute approximate surface area is 118 Å². The Kier molecular flexibility index (Phi) is 3.20. The van der Waals surface area contributed by atoms with E-state index in [4.69, 9.17) is 11.6 Å². The van der Waals surface area contributed by atoms with Crippen molar-refractivity contribution < 1.29 is 4.39 Å². The van der Waals surface area contributed by atoms with E-state index >= 15 is 0 Å². The molecule has 0 unspecified atom stereocenters. The molecule has 0 saturated carbocycles. The Bertz CT molecular complexity index is 825. The average molecular weight is 292 g/mol. The lowest BCUT2D eigenvalue weighted by molar-refractivity contribution is 0.627. The maximum Gasteiger partial charge on any atom is 0.323 e. The molecule has 20 heavy (non-hydrogen) atoms. The van der Waals surface area contributed by atoms with Crippen molar-refractivity contribution in [1.82, 2.24) is 9.97 Å². The molecule has 4 nitrogen and oxygen atoms in total. The van der Waals surface area contributed by atoms with Crippen LogP contribution in [0.2, 0.25) is 5.02 Å². The van der Waals surface area contributed by atoms with Crippen molar-refractivity contribution in [3.8, 4) is 0 Å². The summed E-state index contributed by atoms with van der Waals surface area (Å²) < 4.78 is 13.0. The SMILES string of the molecule is O=c1[nH]c2ccc(NCc3ccc(F)c(Cl)c3)cc2[nH]1. The predicted octanol–water partition coefficient (Wildman–Crippen LogP) is 3.26. The van der Waals surface area contributed by atoms with Crippen molar-refractivity contribution in [3.05, 3.63) is 63.3 Å². The van der Waals surface area contributed by atoms with Crippen LogP contribution < -0.4 is 11.0 Å². The van der Waals surface area contributed by atoms with Crippen molar-refractivity contribution >= 4 is 28.3 Å². The largest absolute Gasteiger partial charge is 0.381 e. The van der Waals surface area contributed by atoms with E-state index < -0.39 is 5.82 Å². The van der Waals surface area contributed by atoms with E-state index in [1.54, 1.807) is 12.1 Å². The van der Waals surface area contributed by atoms with Gasteiger partial charge in [-0.15, -0.1) is 0 Å². The molecule has 2 aromatic carbocycles. The quantitative estimate of drug-likeness (QED) is 0.693. The van der Waals surface area contributed by atoms with Crippen molar-refractivity contribution in [2.24, 2.45) is 0 Å². The minimum atomic E-state index is -0.429. The molecule has 0 atom stereocenters. The summed E-state index contributed by atoms with van der Waals surface area (Å²) in [6, 6.07) is 10.1. The van der Waals surface area contributed by atoms with E-state index in [2.05, 4.69) is 15.3 Å². The first-order valence-corrected chi connectivity index (χ1v) is 6.39. The number of H-pyrrole nitrogens is 2. The molecule has 0 aliphatic rings. The summed E-state index contributed by atoms with van der Waals surface area (Å²) in [5.74, 6) is -0.429.